The van der Waals surface area contributed by atoms with E-state index in [0.717, 1.165) is 20.8 Å². The van der Waals surface area contributed by atoms with Crippen molar-refractivity contribution < 1.29 is 22.7 Å². The lowest BCUT2D eigenvalue weighted by Crippen LogP contribution is -2.56. The van der Waals surface area contributed by atoms with Gasteiger partial charge in [0.15, 0.2) is 5.60 Å². The van der Waals surface area contributed by atoms with E-state index in [2.05, 4.69) is 0 Å². The maximum absolute atomic E-state index is 12.1. The Morgan fingerprint density at radius 2 is 1.42 bits per heavy atom. The van der Waals surface area contributed by atoms with Crippen molar-refractivity contribution in [3.8, 4) is 0 Å². The predicted molar refractivity (Wildman–Crippen MR) is 36.4 cm³/mol. The van der Waals surface area contributed by atoms with Crippen LogP contribution in [-0.4, -0.2) is 23.6 Å². The Hall–Kier alpha value is -0.320. The normalized spacial score (nSPS) is 19.0. The summed E-state index contributed by atoms with van der Waals surface area (Å²) in [6.45, 7) is 1.60. The maximum Gasteiger partial charge on any atom is 0.420 e. The highest BCUT2D eigenvalue weighted by Gasteiger charge is 2.60. The molecule has 0 aromatic heterocycles. The zero-order chi connectivity index (χ0) is 10.2. The van der Waals surface area contributed by atoms with Gasteiger partial charge in [-0.15, -0.1) is 0 Å². The number of aliphatic hydroxyl groups is 1. The van der Waals surface area contributed by atoms with E-state index in [1.807, 2.05) is 0 Å². The minimum absolute atomic E-state index is 1.14. The Kier molecular flexibility index (Phi) is 2.79. The first-order valence-corrected chi connectivity index (χ1v) is 3.41. The quantitative estimate of drug-likeness (QED) is 0.626. The number of rotatable bonds is 1. The van der Waals surface area contributed by atoms with Crippen LogP contribution in [0.15, 0.2) is 0 Å². The molecule has 0 bridgehead atoms. The molecule has 1 N–H and O–H groups in total. The van der Waals surface area contributed by atoms with Crippen molar-refractivity contribution >= 4 is 0 Å². The van der Waals surface area contributed by atoms with E-state index in [9.17, 15) is 17.6 Å². The molecule has 0 aliphatic carbocycles. The van der Waals surface area contributed by atoms with Crippen LogP contribution in [-0.2, 0) is 0 Å². The molecular weight excluding hydrogens is 176 g/mol. The molecule has 0 fully saturated rings. The van der Waals surface area contributed by atoms with Crippen LogP contribution in [0.4, 0.5) is 17.6 Å². The van der Waals surface area contributed by atoms with Gasteiger partial charge in [-0.2, -0.15) is 13.2 Å². The van der Waals surface area contributed by atoms with Crippen LogP contribution in [0.2, 0.25) is 0 Å². The topological polar surface area (TPSA) is 20.2 Å². The van der Waals surface area contributed by atoms with Crippen LogP contribution in [0.25, 0.3) is 0 Å². The second-order valence-electron chi connectivity index (χ2n) is 3.74. The summed E-state index contributed by atoms with van der Waals surface area (Å²) >= 11 is 0. The van der Waals surface area contributed by atoms with Crippen LogP contribution in [0.3, 0.4) is 0 Å². The van der Waals surface area contributed by atoms with Crippen LogP contribution in [0.5, 0.6) is 0 Å². The number of hydrogen-bond acceptors (Lipinski definition) is 1. The first-order chi connectivity index (χ1) is 5.06. The van der Waals surface area contributed by atoms with Gasteiger partial charge in [-0.3, -0.25) is 0 Å². The van der Waals surface area contributed by atoms with Crippen molar-refractivity contribution in [2.45, 2.75) is 32.5 Å². The Morgan fingerprint density at radius 1 is 1.08 bits per heavy atom. The molecule has 0 saturated heterocycles. The average molecular weight is 188 g/mol. The molecule has 0 aliphatic rings. The van der Waals surface area contributed by atoms with Gasteiger partial charge in [0.2, 0.25) is 0 Å². The predicted octanol–water partition coefficient (Wildman–Crippen LogP) is 2.30. The third-order valence-corrected chi connectivity index (χ3v) is 1.90. The second-order valence-corrected chi connectivity index (χ2v) is 3.74. The molecule has 0 heterocycles. The second kappa shape index (κ2) is 2.87. The molecule has 0 aliphatic heterocycles. The van der Waals surface area contributed by atoms with Gasteiger partial charge in [0.1, 0.15) is 6.67 Å². The fraction of sp³-hybridized carbons (Fsp3) is 1.00. The van der Waals surface area contributed by atoms with Crippen molar-refractivity contribution in [1.82, 2.24) is 0 Å². The Bertz CT molecular complexity index is 142. The van der Waals surface area contributed by atoms with E-state index in [1.165, 1.54) is 0 Å². The van der Waals surface area contributed by atoms with Gasteiger partial charge in [-0.25, -0.2) is 4.39 Å². The van der Waals surface area contributed by atoms with Crippen LogP contribution < -0.4 is 0 Å². The van der Waals surface area contributed by atoms with Crippen molar-refractivity contribution in [2.75, 3.05) is 6.67 Å². The fourth-order valence-electron chi connectivity index (χ4n) is 0.701. The van der Waals surface area contributed by atoms with E-state index < -0.39 is 23.9 Å². The van der Waals surface area contributed by atoms with Gasteiger partial charge in [-0.05, 0) is 0 Å². The molecule has 1 nitrogen and oxygen atoms in total. The molecule has 5 heteroatoms. The molecule has 74 valence electrons. The van der Waals surface area contributed by atoms with Crippen molar-refractivity contribution in [2.24, 2.45) is 5.41 Å². The minimum atomic E-state index is -4.93. The molecule has 1 atom stereocenters. The lowest BCUT2D eigenvalue weighted by molar-refractivity contribution is -0.298. The molecule has 0 saturated carbocycles. The standard InChI is InChI=1S/C7H12F4O/c1-5(2,3)6(12,4-8)7(9,10)11/h12H,4H2,1-3H3. The largest absolute Gasteiger partial charge is 0.420 e. The van der Waals surface area contributed by atoms with Crippen molar-refractivity contribution in [1.29, 1.82) is 0 Å². The van der Waals surface area contributed by atoms with Gasteiger partial charge in [-0.1, -0.05) is 20.8 Å². The van der Waals surface area contributed by atoms with Gasteiger partial charge >= 0.3 is 6.18 Å². The summed E-state index contributed by atoms with van der Waals surface area (Å²) in [4.78, 5) is 0. The van der Waals surface area contributed by atoms with Gasteiger partial charge in [0.05, 0.1) is 0 Å². The summed E-state index contributed by atoms with van der Waals surface area (Å²) < 4.78 is 48.4. The first-order valence-electron chi connectivity index (χ1n) is 3.41. The summed E-state index contributed by atoms with van der Waals surface area (Å²) in [5, 5.41) is 8.99. The summed E-state index contributed by atoms with van der Waals surface area (Å²) in [5.74, 6) is 0. The van der Waals surface area contributed by atoms with Crippen molar-refractivity contribution in [3.63, 3.8) is 0 Å². The van der Waals surface area contributed by atoms with E-state index in [0.29, 0.717) is 0 Å². The van der Waals surface area contributed by atoms with E-state index >= 15 is 0 Å². The highest BCUT2D eigenvalue weighted by atomic mass is 19.4. The van der Waals surface area contributed by atoms with Gasteiger partial charge < -0.3 is 5.11 Å². The van der Waals surface area contributed by atoms with Crippen molar-refractivity contribution in [3.05, 3.63) is 0 Å². The zero-order valence-electron chi connectivity index (χ0n) is 7.17. The molecule has 0 spiro atoms. The molecular formula is C7H12F4O. The third-order valence-electron chi connectivity index (χ3n) is 1.90. The lowest BCUT2D eigenvalue weighted by atomic mass is 9.77. The summed E-state index contributed by atoms with van der Waals surface area (Å²) in [7, 11) is 0. The van der Waals surface area contributed by atoms with E-state index in [1.54, 1.807) is 0 Å². The van der Waals surface area contributed by atoms with E-state index in [4.69, 9.17) is 5.11 Å². The number of halogens is 4. The molecule has 0 aromatic rings. The summed E-state index contributed by atoms with van der Waals surface area (Å²) in [6, 6.07) is 0. The highest BCUT2D eigenvalue weighted by molar-refractivity contribution is 4.96. The molecule has 1 unspecified atom stereocenters. The van der Waals surface area contributed by atoms with Crippen LogP contribution in [0, 0.1) is 5.41 Å². The Labute approximate surface area is 68.4 Å². The zero-order valence-corrected chi connectivity index (χ0v) is 7.17. The molecule has 0 radical (unpaired) electrons. The SMILES string of the molecule is CC(C)(C)C(O)(CF)C(F)(F)F. The Balaban J connectivity index is 4.95. The van der Waals surface area contributed by atoms with Crippen LogP contribution in [0.1, 0.15) is 20.8 Å². The lowest BCUT2D eigenvalue weighted by Gasteiger charge is -2.39. The number of alkyl halides is 4. The van der Waals surface area contributed by atoms with Gasteiger partial charge in [0.25, 0.3) is 0 Å². The molecule has 0 amide bonds. The first kappa shape index (κ1) is 11.7. The maximum atomic E-state index is 12.1. The number of hydrogen-bond donors (Lipinski definition) is 1. The smallest absolute Gasteiger partial charge is 0.378 e. The third kappa shape index (κ3) is 1.71. The minimum Gasteiger partial charge on any atom is -0.378 e. The summed E-state index contributed by atoms with van der Waals surface area (Å²) in [5.41, 5.74) is -4.81. The fourth-order valence-corrected chi connectivity index (χ4v) is 0.701. The summed E-state index contributed by atoms with van der Waals surface area (Å²) in [6.07, 6.45) is -4.93. The highest BCUT2D eigenvalue weighted by Crippen LogP contribution is 2.43. The molecule has 12 heavy (non-hydrogen) atoms. The molecule has 0 aromatic carbocycles. The van der Waals surface area contributed by atoms with Gasteiger partial charge in [0, 0.05) is 5.41 Å². The Morgan fingerprint density at radius 3 is 1.42 bits per heavy atom. The van der Waals surface area contributed by atoms with Crippen LogP contribution >= 0.6 is 0 Å². The molecule has 0 rings (SSSR count). The average Bonchev–Trinajstić information content (AvgIpc) is 1.81. The monoisotopic (exact) mass is 188 g/mol. The van der Waals surface area contributed by atoms with E-state index in [-0.39, 0.29) is 0 Å².